The summed E-state index contributed by atoms with van der Waals surface area (Å²) in [5, 5.41) is 8.27. The van der Waals surface area contributed by atoms with Gasteiger partial charge in [-0.2, -0.15) is 5.10 Å². The minimum absolute atomic E-state index is 0.113. The summed E-state index contributed by atoms with van der Waals surface area (Å²) < 4.78 is 7.71. The number of carbonyl (C=O) groups excluding carboxylic acids is 1. The van der Waals surface area contributed by atoms with Crippen molar-refractivity contribution in [3.63, 3.8) is 0 Å². The third-order valence-corrected chi connectivity index (χ3v) is 6.06. The quantitative estimate of drug-likeness (QED) is 0.608. The van der Waals surface area contributed by atoms with Crippen molar-refractivity contribution in [1.29, 1.82) is 0 Å². The lowest BCUT2D eigenvalue weighted by atomic mass is 10.0. The van der Waals surface area contributed by atoms with Crippen molar-refractivity contribution in [2.75, 3.05) is 0 Å². The maximum atomic E-state index is 12.6. The predicted molar refractivity (Wildman–Crippen MR) is 118 cm³/mol. The van der Waals surface area contributed by atoms with Crippen molar-refractivity contribution in [1.82, 2.24) is 25.1 Å². The molecule has 8 nitrogen and oxygen atoms in total. The first-order chi connectivity index (χ1) is 14.9. The lowest BCUT2D eigenvalue weighted by molar-refractivity contribution is -0.121. The van der Waals surface area contributed by atoms with E-state index in [4.69, 9.17) is 4.74 Å². The summed E-state index contributed by atoms with van der Waals surface area (Å²) in [4.78, 5) is 32.3. The Bertz CT molecular complexity index is 1160. The van der Waals surface area contributed by atoms with Crippen LogP contribution in [0.5, 0.6) is 5.88 Å². The molecule has 3 aromatic heterocycles. The lowest BCUT2D eigenvalue weighted by Gasteiger charge is -2.15. The minimum atomic E-state index is -0.166. The highest BCUT2D eigenvalue weighted by Crippen LogP contribution is 2.25. The first kappa shape index (κ1) is 21.1. The third-order valence-electron chi connectivity index (χ3n) is 6.06. The molecule has 1 amide bonds. The fraction of sp³-hybridized carbons (Fsp3) is 0.478. The topological polar surface area (TPSA) is 102 Å². The zero-order valence-electron chi connectivity index (χ0n) is 18.3. The number of pyridine rings is 2. The molecule has 8 heteroatoms. The predicted octanol–water partition coefficient (Wildman–Crippen LogP) is 2.84. The molecule has 1 aliphatic rings. The van der Waals surface area contributed by atoms with E-state index >= 15 is 0 Å². The van der Waals surface area contributed by atoms with Crippen LogP contribution in [-0.4, -0.2) is 31.8 Å². The molecule has 0 bridgehead atoms. The Morgan fingerprint density at radius 3 is 2.87 bits per heavy atom. The van der Waals surface area contributed by atoms with Gasteiger partial charge in [0.2, 0.25) is 11.8 Å². The average molecular weight is 424 g/mol. The number of nitrogens with one attached hydrogen (secondary N) is 2. The van der Waals surface area contributed by atoms with Gasteiger partial charge in [0.1, 0.15) is 11.8 Å². The van der Waals surface area contributed by atoms with Crippen LogP contribution in [0.4, 0.5) is 0 Å². The molecule has 164 valence electrons. The second-order valence-corrected chi connectivity index (χ2v) is 8.26. The van der Waals surface area contributed by atoms with E-state index in [0.717, 1.165) is 35.0 Å². The van der Waals surface area contributed by atoms with Gasteiger partial charge in [0, 0.05) is 42.7 Å². The molecule has 0 unspecified atom stereocenters. The smallest absolute Gasteiger partial charge is 0.253 e. The van der Waals surface area contributed by atoms with Gasteiger partial charge in [-0.3, -0.25) is 14.3 Å². The number of carbonyl (C=O) groups is 1. The number of aryl methyl sites for hydroxylation is 3. The molecule has 1 saturated carbocycles. The van der Waals surface area contributed by atoms with Gasteiger partial charge in [-0.05, 0) is 57.6 Å². The Labute approximate surface area is 181 Å². The van der Waals surface area contributed by atoms with Gasteiger partial charge in [-0.1, -0.05) is 6.07 Å². The standard InChI is InChI=1S/C23H29N5O3/c1-14-18(22(30)26-21-20(14)15(2)27-28(21)3)10-11-19(29)25-13-16-7-6-12-24-23(16)31-17-8-4-5-9-17/h6-7,12,17H,4-5,8-11,13H2,1-3H3,(H,25,29)(H,26,30). The van der Waals surface area contributed by atoms with Gasteiger partial charge in [0.15, 0.2) is 0 Å². The highest BCUT2D eigenvalue weighted by Gasteiger charge is 2.19. The molecule has 3 aromatic rings. The highest BCUT2D eigenvalue weighted by atomic mass is 16.5. The molecule has 0 saturated heterocycles. The van der Waals surface area contributed by atoms with E-state index < -0.39 is 0 Å². The lowest BCUT2D eigenvalue weighted by Crippen LogP contribution is -2.25. The second kappa shape index (κ2) is 8.91. The van der Waals surface area contributed by atoms with Crippen molar-refractivity contribution >= 4 is 16.9 Å². The monoisotopic (exact) mass is 423 g/mol. The van der Waals surface area contributed by atoms with Gasteiger partial charge in [0.05, 0.1) is 5.69 Å². The summed E-state index contributed by atoms with van der Waals surface area (Å²) in [7, 11) is 1.81. The Morgan fingerprint density at radius 1 is 1.32 bits per heavy atom. The van der Waals surface area contributed by atoms with Crippen molar-refractivity contribution in [2.45, 2.75) is 65.0 Å². The van der Waals surface area contributed by atoms with E-state index in [-0.39, 0.29) is 24.0 Å². The van der Waals surface area contributed by atoms with Crippen molar-refractivity contribution in [3.05, 3.63) is 51.1 Å². The van der Waals surface area contributed by atoms with E-state index in [0.29, 0.717) is 30.1 Å². The van der Waals surface area contributed by atoms with Crippen LogP contribution in [0.1, 0.15) is 54.5 Å². The fourth-order valence-corrected chi connectivity index (χ4v) is 4.41. The molecular weight excluding hydrogens is 394 g/mol. The van der Waals surface area contributed by atoms with Crippen LogP contribution >= 0.6 is 0 Å². The number of H-pyrrole nitrogens is 1. The van der Waals surface area contributed by atoms with Crippen LogP contribution in [0.15, 0.2) is 23.1 Å². The van der Waals surface area contributed by atoms with Gasteiger partial charge >= 0.3 is 0 Å². The average Bonchev–Trinajstić information content (AvgIpc) is 3.34. The van der Waals surface area contributed by atoms with Crippen molar-refractivity contribution in [2.24, 2.45) is 7.05 Å². The SMILES string of the molecule is Cc1nn(C)c2[nH]c(=O)c(CCC(=O)NCc3cccnc3OC3CCCC3)c(C)c12. The van der Waals surface area contributed by atoms with E-state index in [1.807, 2.05) is 26.0 Å². The Balaban J connectivity index is 1.39. The Hall–Kier alpha value is -3.16. The van der Waals surface area contributed by atoms with Crippen LogP contribution in [0.25, 0.3) is 11.0 Å². The summed E-state index contributed by atoms with van der Waals surface area (Å²) in [5.74, 6) is 0.483. The third kappa shape index (κ3) is 4.47. The first-order valence-electron chi connectivity index (χ1n) is 10.9. The molecular formula is C23H29N5O3. The molecule has 1 aliphatic carbocycles. The van der Waals surface area contributed by atoms with E-state index in [9.17, 15) is 9.59 Å². The molecule has 0 spiro atoms. The Morgan fingerprint density at radius 2 is 2.10 bits per heavy atom. The van der Waals surface area contributed by atoms with Crippen LogP contribution in [0.3, 0.4) is 0 Å². The second-order valence-electron chi connectivity index (χ2n) is 8.26. The molecule has 0 aliphatic heterocycles. The summed E-state index contributed by atoms with van der Waals surface area (Å²) in [6.07, 6.45) is 7.00. The van der Waals surface area contributed by atoms with Crippen molar-refractivity contribution in [3.8, 4) is 5.88 Å². The molecule has 2 N–H and O–H groups in total. The summed E-state index contributed by atoms with van der Waals surface area (Å²) >= 11 is 0. The van der Waals surface area contributed by atoms with Crippen LogP contribution in [0, 0.1) is 13.8 Å². The van der Waals surface area contributed by atoms with E-state index in [1.165, 1.54) is 12.8 Å². The number of nitrogens with zero attached hydrogens (tertiary/aromatic N) is 3. The maximum Gasteiger partial charge on any atom is 0.253 e. The number of fused-ring (bicyclic) bond motifs is 1. The van der Waals surface area contributed by atoms with Crippen LogP contribution < -0.4 is 15.6 Å². The van der Waals surface area contributed by atoms with Gasteiger partial charge in [-0.15, -0.1) is 0 Å². The normalized spacial score (nSPS) is 14.3. The van der Waals surface area contributed by atoms with E-state index in [2.05, 4.69) is 20.4 Å². The molecule has 3 heterocycles. The van der Waals surface area contributed by atoms with Crippen LogP contribution in [-0.2, 0) is 24.8 Å². The zero-order valence-corrected chi connectivity index (χ0v) is 18.3. The zero-order chi connectivity index (χ0) is 22.0. The largest absolute Gasteiger partial charge is 0.474 e. The number of amides is 1. The number of aromatic amines is 1. The fourth-order valence-electron chi connectivity index (χ4n) is 4.41. The number of aromatic nitrogens is 4. The molecule has 0 aromatic carbocycles. The van der Waals surface area contributed by atoms with Gasteiger partial charge in [-0.25, -0.2) is 4.98 Å². The van der Waals surface area contributed by atoms with E-state index in [1.54, 1.807) is 17.9 Å². The maximum absolute atomic E-state index is 12.6. The summed E-state index contributed by atoms with van der Waals surface area (Å²) in [6.45, 7) is 4.19. The number of rotatable bonds is 7. The summed E-state index contributed by atoms with van der Waals surface area (Å²) in [6, 6.07) is 3.77. The first-order valence-corrected chi connectivity index (χ1v) is 10.9. The number of hydrogen-bond donors (Lipinski definition) is 2. The number of ether oxygens (including phenoxy) is 1. The molecule has 1 fully saturated rings. The molecule has 0 atom stereocenters. The van der Waals surface area contributed by atoms with Gasteiger partial charge < -0.3 is 15.0 Å². The summed E-state index contributed by atoms with van der Waals surface area (Å²) in [5.41, 5.74) is 3.79. The molecule has 4 rings (SSSR count). The molecule has 0 radical (unpaired) electrons. The van der Waals surface area contributed by atoms with Crippen LogP contribution in [0.2, 0.25) is 0 Å². The molecule has 31 heavy (non-hydrogen) atoms. The Kier molecular flexibility index (Phi) is 6.06. The van der Waals surface area contributed by atoms with Crippen molar-refractivity contribution < 1.29 is 9.53 Å². The number of hydrogen-bond acceptors (Lipinski definition) is 5. The minimum Gasteiger partial charge on any atom is -0.474 e. The van der Waals surface area contributed by atoms with Gasteiger partial charge in [0.25, 0.3) is 5.56 Å². The highest BCUT2D eigenvalue weighted by molar-refractivity contribution is 5.83.